The molecule has 1 aromatic carbocycles. The Kier molecular flexibility index (Phi) is 6.19. The number of ether oxygens (including phenoxy) is 1. The monoisotopic (exact) mass is 380 g/mol. The second kappa shape index (κ2) is 8.98. The van der Waals surface area contributed by atoms with Crippen LogP contribution in [0.15, 0.2) is 72.5 Å². The van der Waals surface area contributed by atoms with Crippen LogP contribution in [0.3, 0.4) is 0 Å². The van der Waals surface area contributed by atoms with Crippen molar-refractivity contribution in [3.8, 4) is 0 Å². The molecule has 0 aliphatic rings. The summed E-state index contributed by atoms with van der Waals surface area (Å²) in [5, 5.41) is 7.82. The summed E-state index contributed by atoms with van der Waals surface area (Å²) in [4.78, 5) is 17.0. The minimum absolute atomic E-state index is 0.204. The number of nitrogens with two attached hydrogens (primary N) is 1. The molecule has 138 valence electrons. The van der Waals surface area contributed by atoms with Crippen molar-refractivity contribution < 1.29 is 9.53 Å². The first kappa shape index (κ1) is 18.6. The van der Waals surface area contributed by atoms with Gasteiger partial charge in [-0.05, 0) is 29.8 Å². The maximum atomic E-state index is 12.4. The van der Waals surface area contributed by atoms with E-state index in [1.807, 2.05) is 29.6 Å². The number of carbonyl (C=O) groups excluding carboxylic acids is 1. The van der Waals surface area contributed by atoms with E-state index in [9.17, 15) is 4.79 Å². The molecule has 0 unspecified atom stereocenters. The fourth-order valence-corrected chi connectivity index (χ4v) is 3.07. The molecule has 0 spiro atoms. The second-order valence-corrected chi connectivity index (χ2v) is 6.73. The Morgan fingerprint density at radius 1 is 1.22 bits per heavy atom. The van der Waals surface area contributed by atoms with Crippen molar-refractivity contribution in [1.29, 1.82) is 0 Å². The molecule has 0 aliphatic heterocycles. The van der Waals surface area contributed by atoms with Crippen molar-refractivity contribution in [2.24, 2.45) is 0 Å². The topological polar surface area (TPSA) is 89.3 Å². The number of anilines is 3. The highest BCUT2D eigenvalue weighted by Crippen LogP contribution is 2.23. The van der Waals surface area contributed by atoms with Crippen LogP contribution in [0.5, 0.6) is 0 Å². The van der Waals surface area contributed by atoms with Gasteiger partial charge in [0.05, 0.1) is 29.5 Å². The zero-order valence-corrected chi connectivity index (χ0v) is 15.5. The number of hydrogen-bond donors (Lipinski definition) is 3. The van der Waals surface area contributed by atoms with Gasteiger partial charge < -0.3 is 21.1 Å². The summed E-state index contributed by atoms with van der Waals surface area (Å²) in [5.74, 6) is -0.204. The molecule has 0 atom stereocenters. The van der Waals surface area contributed by atoms with Crippen molar-refractivity contribution in [3.63, 3.8) is 0 Å². The predicted molar refractivity (Wildman–Crippen MR) is 110 cm³/mol. The number of pyridine rings is 1. The lowest BCUT2D eigenvalue weighted by atomic mass is 10.2. The lowest BCUT2D eigenvalue weighted by Crippen LogP contribution is -2.11. The first-order chi connectivity index (χ1) is 13.1. The number of carbonyl (C=O) groups is 1. The summed E-state index contributed by atoms with van der Waals surface area (Å²) in [6.45, 7) is 4.77. The Bertz CT molecular complexity index is 924. The first-order valence-corrected chi connectivity index (χ1v) is 9.15. The fraction of sp³-hybridized carbons (Fsp3) is 0.100. The number of nitrogen functional groups attached to an aromatic ring is 1. The van der Waals surface area contributed by atoms with Crippen LogP contribution in [0.2, 0.25) is 0 Å². The Morgan fingerprint density at radius 3 is 2.85 bits per heavy atom. The zero-order chi connectivity index (χ0) is 19.1. The van der Waals surface area contributed by atoms with Gasteiger partial charge in [-0.1, -0.05) is 24.8 Å². The van der Waals surface area contributed by atoms with Gasteiger partial charge in [-0.15, -0.1) is 11.3 Å². The number of nitrogens with one attached hydrogen (secondary N) is 2. The average Bonchev–Trinajstić information content (AvgIpc) is 3.13. The summed E-state index contributed by atoms with van der Waals surface area (Å²) in [5.41, 5.74) is 9.47. The van der Waals surface area contributed by atoms with Gasteiger partial charge >= 0.3 is 0 Å². The molecule has 4 N–H and O–H groups in total. The standard InChI is InChI=1S/C20H20N4O2S/c1-14(11-26-12-15-5-4-8-22-10-15)23-16-9-19(27-13-16)20(25)24-18-7-3-2-6-17(18)21/h2-10,13,23H,1,11-12,21H2,(H,24,25). The predicted octanol–water partition coefficient (Wildman–Crippen LogP) is 4.12. The largest absolute Gasteiger partial charge is 0.397 e. The van der Waals surface area contributed by atoms with Crippen LogP contribution in [0.1, 0.15) is 15.2 Å². The average molecular weight is 380 g/mol. The van der Waals surface area contributed by atoms with Gasteiger partial charge in [0.2, 0.25) is 0 Å². The lowest BCUT2D eigenvalue weighted by molar-refractivity contribution is 0.103. The van der Waals surface area contributed by atoms with E-state index >= 15 is 0 Å². The quantitative estimate of drug-likeness (QED) is 0.512. The van der Waals surface area contributed by atoms with E-state index in [0.29, 0.717) is 35.2 Å². The number of para-hydroxylation sites is 2. The third-order valence-corrected chi connectivity index (χ3v) is 4.55. The maximum absolute atomic E-state index is 12.4. The molecule has 3 aromatic rings. The van der Waals surface area contributed by atoms with Gasteiger partial charge in [-0.2, -0.15) is 0 Å². The summed E-state index contributed by atoms with van der Waals surface area (Å²) in [6, 6.07) is 12.7. The van der Waals surface area contributed by atoms with Gasteiger partial charge in [0, 0.05) is 29.2 Å². The van der Waals surface area contributed by atoms with Crippen LogP contribution in [0.4, 0.5) is 17.1 Å². The van der Waals surface area contributed by atoms with E-state index in [1.54, 1.807) is 30.6 Å². The highest BCUT2D eigenvalue weighted by atomic mass is 32.1. The number of nitrogens with zero attached hydrogens (tertiary/aromatic N) is 1. The smallest absolute Gasteiger partial charge is 0.265 e. The van der Waals surface area contributed by atoms with Crippen LogP contribution < -0.4 is 16.4 Å². The number of amides is 1. The second-order valence-electron chi connectivity index (χ2n) is 5.82. The summed E-state index contributed by atoms with van der Waals surface area (Å²) in [7, 11) is 0. The highest BCUT2D eigenvalue weighted by Gasteiger charge is 2.11. The molecule has 2 heterocycles. The Hall–Kier alpha value is -3.16. The van der Waals surface area contributed by atoms with E-state index < -0.39 is 0 Å². The van der Waals surface area contributed by atoms with E-state index in [-0.39, 0.29) is 5.91 Å². The van der Waals surface area contributed by atoms with Crippen LogP contribution in [0.25, 0.3) is 0 Å². The van der Waals surface area contributed by atoms with Gasteiger partial charge in [0.25, 0.3) is 5.91 Å². The lowest BCUT2D eigenvalue weighted by Gasteiger charge is -2.09. The van der Waals surface area contributed by atoms with Gasteiger partial charge in [-0.25, -0.2) is 0 Å². The molecule has 0 aliphatic carbocycles. The number of thiophene rings is 1. The number of aromatic nitrogens is 1. The third kappa shape index (κ3) is 5.40. The van der Waals surface area contributed by atoms with Crippen LogP contribution in [-0.2, 0) is 11.3 Å². The maximum Gasteiger partial charge on any atom is 0.265 e. The summed E-state index contributed by atoms with van der Waals surface area (Å²) < 4.78 is 5.61. The normalized spacial score (nSPS) is 10.4. The molecule has 0 bridgehead atoms. The molecule has 0 saturated carbocycles. The van der Waals surface area contributed by atoms with Gasteiger partial charge in [0.1, 0.15) is 0 Å². The van der Waals surface area contributed by atoms with Crippen LogP contribution in [-0.4, -0.2) is 17.5 Å². The number of benzene rings is 1. The minimum atomic E-state index is -0.204. The van der Waals surface area contributed by atoms with Crippen molar-refractivity contribution in [3.05, 3.63) is 83.0 Å². The summed E-state index contributed by atoms with van der Waals surface area (Å²) in [6.07, 6.45) is 3.49. The Morgan fingerprint density at radius 2 is 2.07 bits per heavy atom. The Balaban J connectivity index is 1.49. The molecule has 2 aromatic heterocycles. The third-order valence-electron chi connectivity index (χ3n) is 3.62. The van der Waals surface area contributed by atoms with Gasteiger partial charge in [-0.3, -0.25) is 9.78 Å². The van der Waals surface area contributed by atoms with Gasteiger partial charge in [0.15, 0.2) is 0 Å². The SMILES string of the molecule is C=C(COCc1cccnc1)Nc1csc(C(=O)Nc2ccccc2N)c1. The van der Waals surface area contributed by atoms with E-state index in [4.69, 9.17) is 10.5 Å². The van der Waals surface area contributed by atoms with Crippen molar-refractivity contribution >= 4 is 34.3 Å². The molecule has 27 heavy (non-hydrogen) atoms. The number of rotatable bonds is 8. The molecule has 0 saturated heterocycles. The number of hydrogen-bond acceptors (Lipinski definition) is 6. The molecular weight excluding hydrogens is 360 g/mol. The highest BCUT2D eigenvalue weighted by molar-refractivity contribution is 7.12. The first-order valence-electron chi connectivity index (χ1n) is 8.27. The summed E-state index contributed by atoms with van der Waals surface area (Å²) >= 11 is 1.34. The molecule has 0 radical (unpaired) electrons. The van der Waals surface area contributed by atoms with Crippen molar-refractivity contribution in [1.82, 2.24) is 4.98 Å². The van der Waals surface area contributed by atoms with Crippen LogP contribution in [0, 0.1) is 0 Å². The Labute approximate surface area is 161 Å². The molecule has 0 fully saturated rings. The van der Waals surface area contributed by atoms with Crippen molar-refractivity contribution in [2.75, 3.05) is 23.0 Å². The molecule has 1 amide bonds. The van der Waals surface area contributed by atoms with Crippen LogP contribution >= 0.6 is 11.3 Å². The van der Waals surface area contributed by atoms with Crippen molar-refractivity contribution in [2.45, 2.75) is 6.61 Å². The molecule has 3 rings (SSSR count). The zero-order valence-electron chi connectivity index (χ0n) is 14.6. The fourth-order valence-electron chi connectivity index (χ4n) is 2.33. The minimum Gasteiger partial charge on any atom is -0.397 e. The van der Waals surface area contributed by atoms with E-state index in [2.05, 4.69) is 22.2 Å². The molecule has 6 nitrogen and oxygen atoms in total. The van der Waals surface area contributed by atoms with E-state index in [0.717, 1.165) is 11.3 Å². The van der Waals surface area contributed by atoms with E-state index in [1.165, 1.54) is 11.3 Å². The molecular formula is C20H20N4O2S. The molecule has 7 heteroatoms.